The Morgan fingerprint density at radius 3 is 3.05 bits per heavy atom. The highest BCUT2D eigenvalue weighted by atomic mass is 32.2. The van der Waals surface area contributed by atoms with E-state index in [4.69, 9.17) is 10.5 Å². The fourth-order valence-corrected chi connectivity index (χ4v) is 4.15. The number of nitrogens with two attached hydrogens (primary N) is 1. The van der Waals surface area contributed by atoms with Crippen LogP contribution < -0.4 is 10.5 Å². The Morgan fingerprint density at radius 2 is 2.43 bits per heavy atom. The summed E-state index contributed by atoms with van der Waals surface area (Å²) in [5.41, 5.74) is 8.94. The third kappa shape index (κ3) is 2.19. The van der Waals surface area contributed by atoms with Gasteiger partial charge in [0.25, 0.3) is 0 Å². The largest absolute Gasteiger partial charge is 0.409 e. The van der Waals surface area contributed by atoms with Crippen molar-refractivity contribution in [1.82, 2.24) is 9.88 Å². The van der Waals surface area contributed by atoms with Crippen LogP contribution in [0.2, 0.25) is 0 Å². The summed E-state index contributed by atoms with van der Waals surface area (Å²) < 4.78 is 5.36. The first kappa shape index (κ1) is 14.3. The average molecular weight is 323 g/mol. The van der Waals surface area contributed by atoms with Gasteiger partial charge < -0.3 is 10.5 Å². The SMILES string of the molecule is C=CC1=C(C(=O)Oc2scnc2C)N2C(=O)[C@@H](N)[C@H]2SC1. The lowest BCUT2D eigenvalue weighted by Crippen LogP contribution is -2.68. The van der Waals surface area contributed by atoms with Crippen molar-refractivity contribution in [2.24, 2.45) is 5.73 Å². The zero-order valence-corrected chi connectivity index (χ0v) is 12.9. The Balaban J connectivity index is 1.91. The van der Waals surface area contributed by atoms with Crippen LogP contribution in [0.15, 0.2) is 29.4 Å². The van der Waals surface area contributed by atoms with E-state index in [2.05, 4.69) is 11.6 Å². The van der Waals surface area contributed by atoms with Gasteiger partial charge in [-0.3, -0.25) is 9.69 Å². The normalized spacial score (nSPS) is 24.5. The second-order valence-corrected chi connectivity index (χ2v) is 6.55. The number of thiazole rings is 1. The van der Waals surface area contributed by atoms with Gasteiger partial charge >= 0.3 is 5.97 Å². The summed E-state index contributed by atoms with van der Waals surface area (Å²) >= 11 is 2.76. The molecule has 0 bridgehead atoms. The molecule has 0 aliphatic carbocycles. The third-order valence-corrected chi connectivity index (χ3v) is 5.49. The fourth-order valence-electron chi connectivity index (χ4n) is 2.21. The number of aromatic nitrogens is 1. The smallest absolute Gasteiger partial charge is 0.361 e. The molecule has 1 aromatic rings. The van der Waals surface area contributed by atoms with Crippen LogP contribution in [0, 0.1) is 6.92 Å². The molecule has 3 rings (SSSR count). The lowest BCUT2D eigenvalue weighted by molar-refractivity contribution is -0.146. The summed E-state index contributed by atoms with van der Waals surface area (Å²) in [6.07, 6.45) is 1.58. The number of hydrogen-bond donors (Lipinski definition) is 1. The number of carbonyl (C=O) groups excluding carboxylic acids is 2. The van der Waals surface area contributed by atoms with Crippen LogP contribution >= 0.6 is 23.1 Å². The Morgan fingerprint density at radius 1 is 1.67 bits per heavy atom. The zero-order valence-electron chi connectivity index (χ0n) is 11.2. The zero-order chi connectivity index (χ0) is 15.1. The summed E-state index contributed by atoms with van der Waals surface area (Å²) in [6, 6.07) is -0.561. The number of hydrogen-bond acceptors (Lipinski definition) is 7. The lowest BCUT2D eigenvalue weighted by Gasteiger charge is -2.47. The van der Waals surface area contributed by atoms with E-state index >= 15 is 0 Å². The van der Waals surface area contributed by atoms with Gasteiger partial charge in [0.2, 0.25) is 11.0 Å². The van der Waals surface area contributed by atoms with Crippen LogP contribution in [-0.4, -0.2) is 38.9 Å². The van der Waals surface area contributed by atoms with Crippen molar-refractivity contribution >= 4 is 35.0 Å². The van der Waals surface area contributed by atoms with Gasteiger partial charge in [0.15, 0.2) is 0 Å². The minimum atomic E-state index is -0.567. The maximum atomic E-state index is 12.4. The summed E-state index contributed by atoms with van der Waals surface area (Å²) in [7, 11) is 0. The quantitative estimate of drug-likeness (QED) is 0.661. The molecule has 3 heterocycles. The molecule has 21 heavy (non-hydrogen) atoms. The summed E-state index contributed by atoms with van der Waals surface area (Å²) in [6.45, 7) is 5.46. The molecule has 0 spiro atoms. The highest BCUT2D eigenvalue weighted by Crippen LogP contribution is 2.40. The molecule has 2 atom stereocenters. The summed E-state index contributed by atoms with van der Waals surface area (Å²) in [4.78, 5) is 29.8. The van der Waals surface area contributed by atoms with Crippen molar-refractivity contribution < 1.29 is 14.3 Å². The van der Waals surface area contributed by atoms with Crippen LogP contribution in [0.4, 0.5) is 0 Å². The molecule has 8 heteroatoms. The molecule has 110 valence electrons. The fraction of sp³-hybridized carbons (Fsp3) is 0.308. The van der Waals surface area contributed by atoms with E-state index in [0.717, 1.165) is 0 Å². The van der Waals surface area contributed by atoms with Gasteiger partial charge in [-0.1, -0.05) is 24.0 Å². The summed E-state index contributed by atoms with van der Waals surface area (Å²) in [5.74, 6) is -0.250. The molecule has 2 aliphatic rings. The molecule has 1 aromatic heterocycles. The van der Waals surface area contributed by atoms with Gasteiger partial charge in [0, 0.05) is 5.75 Å². The van der Waals surface area contributed by atoms with Crippen LogP contribution in [0.1, 0.15) is 5.69 Å². The maximum absolute atomic E-state index is 12.4. The second-order valence-electron chi connectivity index (χ2n) is 4.63. The van der Waals surface area contributed by atoms with Crippen LogP contribution in [0.5, 0.6) is 5.06 Å². The minimum Gasteiger partial charge on any atom is -0.409 e. The number of esters is 1. The van der Waals surface area contributed by atoms with Crippen molar-refractivity contribution in [3.63, 3.8) is 0 Å². The molecule has 1 fully saturated rings. The molecule has 1 saturated heterocycles. The maximum Gasteiger partial charge on any atom is 0.361 e. The predicted octanol–water partition coefficient (Wildman–Crippen LogP) is 1.04. The molecule has 6 nitrogen and oxygen atoms in total. The minimum absolute atomic E-state index is 0.202. The highest BCUT2D eigenvalue weighted by Gasteiger charge is 2.51. The molecular weight excluding hydrogens is 310 g/mol. The first-order valence-electron chi connectivity index (χ1n) is 6.22. The molecule has 2 aliphatic heterocycles. The number of allylic oxidation sites excluding steroid dienone is 1. The number of thioether (sulfide) groups is 1. The van der Waals surface area contributed by atoms with E-state index in [0.29, 0.717) is 22.1 Å². The number of nitrogens with zero attached hydrogens (tertiary/aromatic N) is 2. The second kappa shape index (κ2) is 5.28. The van der Waals surface area contributed by atoms with E-state index in [1.807, 2.05) is 0 Å². The van der Waals surface area contributed by atoms with Crippen LogP contribution in [0.25, 0.3) is 0 Å². The van der Waals surface area contributed by atoms with E-state index in [9.17, 15) is 9.59 Å². The lowest BCUT2D eigenvalue weighted by atomic mass is 10.0. The third-order valence-electron chi connectivity index (χ3n) is 3.37. The number of carbonyl (C=O) groups is 2. The van der Waals surface area contributed by atoms with E-state index in [1.54, 1.807) is 18.5 Å². The topological polar surface area (TPSA) is 85.5 Å². The molecule has 1 amide bonds. The number of aryl methyl sites for hydroxylation is 1. The van der Waals surface area contributed by atoms with E-state index < -0.39 is 12.0 Å². The first-order chi connectivity index (χ1) is 10.0. The van der Waals surface area contributed by atoms with Gasteiger partial charge in [-0.25, -0.2) is 9.78 Å². The molecular formula is C13H13N3O3S2. The summed E-state index contributed by atoms with van der Waals surface area (Å²) in [5, 5.41) is 0.231. The van der Waals surface area contributed by atoms with Crippen molar-refractivity contribution in [2.45, 2.75) is 18.3 Å². The van der Waals surface area contributed by atoms with Crippen molar-refractivity contribution in [3.8, 4) is 5.06 Å². The van der Waals surface area contributed by atoms with Gasteiger partial charge in [-0.05, 0) is 12.5 Å². The number of amides is 1. The van der Waals surface area contributed by atoms with E-state index in [-0.39, 0.29) is 17.0 Å². The van der Waals surface area contributed by atoms with Crippen molar-refractivity contribution in [1.29, 1.82) is 0 Å². The molecule has 0 aromatic carbocycles. The number of β-lactam (4-membered cyclic amide) rings is 1. The number of ether oxygens (including phenoxy) is 1. The van der Waals surface area contributed by atoms with Gasteiger partial charge in [0.1, 0.15) is 17.1 Å². The van der Waals surface area contributed by atoms with Crippen molar-refractivity contribution in [2.75, 3.05) is 5.75 Å². The van der Waals surface area contributed by atoms with Crippen LogP contribution in [0.3, 0.4) is 0 Å². The molecule has 0 unspecified atom stereocenters. The molecule has 0 saturated carbocycles. The Bertz CT molecular complexity index is 667. The molecule has 0 radical (unpaired) electrons. The number of rotatable bonds is 3. The standard InChI is InChI=1S/C13H13N3O3S2/c1-3-7-4-20-11-8(14)10(17)16(11)9(7)12(18)19-13-6(2)15-5-21-13/h3,5,8,11H,1,4,14H2,2H3/t8-,11-/m1/s1. The first-order valence-corrected chi connectivity index (χ1v) is 8.15. The van der Waals surface area contributed by atoms with Gasteiger partial charge in [-0.15, -0.1) is 11.8 Å². The molecule has 2 N–H and O–H groups in total. The number of fused-ring (bicyclic) bond motifs is 1. The van der Waals surface area contributed by atoms with Gasteiger partial charge in [0.05, 0.1) is 11.2 Å². The van der Waals surface area contributed by atoms with Crippen molar-refractivity contribution in [3.05, 3.63) is 35.1 Å². The van der Waals surface area contributed by atoms with Gasteiger partial charge in [-0.2, -0.15) is 0 Å². The average Bonchev–Trinajstić information content (AvgIpc) is 2.89. The van der Waals surface area contributed by atoms with Crippen LogP contribution in [-0.2, 0) is 9.59 Å². The van der Waals surface area contributed by atoms with E-state index in [1.165, 1.54) is 28.0 Å². The Kier molecular flexibility index (Phi) is 3.60. The highest BCUT2D eigenvalue weighted by molar-refractivity contribution is 8.00. The Labute approximate surface area is 129 Å². The predicted molar refractivity (Wildman–Crippen MR) is 80.8 cm³/mol. The Hall–Kier alpha value is -1.64. The monoisotopic (exact) mass is 323 g/mol.